The van der Waals surface area contributed by atoms with Gasteiger partial charge >= 0.3 is 0 Å². The molecule has 0 fully saturated rings. The van der Waals surface area contributed by atoms with Crippen molar-refractivity contribution in [2.75, 3.05) is 0 Å². The molecule has 1 aromatic carbocycles. The van der Waals surface area contributed by atoms with Crippen LogP contribution in [0.4, 0.5) is 5.69 Å². The van der Waals surface area contributed by atoms with Crippen molar-refractivity contribution >= 4 is 40.2 Å². The molecule has 0 aliphatic rings. The highest BCUT2D eigenvalue weighted by Gasteiger charge is 2.14. The van der Waals surface area contributed by atoms with Gasteiger partial charge in [-0.05, 0) is 24.4 Å². The molecule has 0 bridgehead atoms. The molecule has 2 rings (SSSR count). The molecule has 0 spiro atoms. The maximum Gasteiger partial charge on any atom is 0.288 e. The topological polar surface area (TPSA) is 84.6 Å². The quantitative estimate of drug-likeness (QED) is 0.531. The number of hydrazone groups is 1. The number of hydrogen-bond donors (Lipinski definition) is 1. The van der Waals surface area contributed by atoms with E-state index in [-0.39, 0.29) is 16.6 Å². The molecule has 8 heteroatoms. The number of nitro groups is 1. The molecular formula is C13H10ClN3O3S. The van der Waals surface area contributed by atoms with Gasteiger partial charge in [0.1, 0.15) is 5.02 Å². The molecule has 1 N–H and O–H groups in total. The fourth-order valence-electron chi connectivity index (χ4n) is 1.54. The fourth-order valence-corrected chi connectivity index (χ4v) is 2.34. The van der Waals surface area contributed by atoms with Gasteiger partial charge in [-0.25, -0.2) is 5.43 Å². The molecule has 0 saturated heterocycles. The molecule has 0 atom stereocenters. The second kappa shape index (κ2) is 6.47. The van der Waals surface area contributed by atoms with Gasteiger partial charge in [-0.15, -0.1) is 11.3 Å². The molecule has 21 heavy (non-hydrogen) atoms. The fraction of sp³-hybridized carbons (Fsp3) is 0.0769. The number of hydrogen-bond acceptors (Lipinski definition) is 5. The van der Waals surface area contributed by atoms with Gasteiger partial charge in [0.15, 0.2) is 0 Å². The van der Waals surface area contributed by atoms with Crippen molar-refractivity contribution < 1.29 is 9.72 Å². The third-order valence-electron chi connectivity index (χ3n) is 2.63. The van der Waals surface area contributed by atoms with Crippen molar-refractivity contribution in [3.05, 3.63) is 61.3 Å². The SMILES string of the molecule is C/C(=N/NC(=O)c1cccs1)c1ccc(Cl)c([N+](=O)[O-])c1. The van der Waals surface area contributed by atoms with Crippen LogP contribution in [0.25, 0.3) is 0 Å². The monoisotopic (exact) mass is 323 g/mol. The lowest BCUT2D eigenvalue weighted by atomic mass is 10.1. The normalized spacial score (nSPS) is 11.2. The first-order chi connectivity index (χ1) is 9.99. The third-order valence-corrected chi connectivity index (χ3v) is 3.82. The second-order valence-corrected chi connectivity index (χ2v) is 5.39. The number of thiophene rings is 1. The summed E-state index contributed by atoms with van der Waals surface area (Å²) in [6.45, 7) is 1.64. The number of nitrogens with zero attached hydrogens (tertiary/aromatic N) is 2. The Labute approximate surface area is 129 Å². The Hall–Kier alpha value is -2.25. The van der Waals surface area contributed by atoms with Crippen molar-refractivity contribution in [3.63, 3.8) is 0 Å². The number of carbonyl (C=O) groups excluding carboxylic acids is 1. The van der Waals surface area contributed by atoms with E-state index in [4.69, 9.17) is 11.6 Å². The van der Waals surface area contributed by atoms with E-state index >= 15 is 0 Å². The number of carbonyl (C=O) groups is 1. The van der Waals surface area contributed by atoms with Crippen LogP contribution in [0.5, 0.6) is 0 Å². The molecule has 2 aromatic rings. The first-order valence-electron chi connectivity index (χ1n) is 5.81. The van der Waals surface area contributed by atoms with Crippen LogP contribution in [0.15, 0.2) is 40.8 Å². The zero-order valence-corrected chi connectivity index (χ0v) is 12.4. The Morgan fingerprint density at radius 2 is 2.19 bits per heavy atom. The minimum atomic E-state index is -0.566. The lowest BCUT2D eigenvalue weighted by Crippen LogP contribution is -2.18. The second-order valence-electron chi connectivity index (χ2n) is 4.04. The minimum Gasteiger partial charge on any atom is -0.266 e. The predicted octanol–water partition coefficient (Wildman–Crippen LogP) is 3.46. The summed E-state index contributed by atoms with van der Waals surface area (Å²) in [5, 5.41) is 16.6. The molecule has 0 aliphatic carbocycles. The molecular weight excluding hydrogens is 314 g/mol. The summed E-state index contributed by atoms with van der Waals surface area (Å²) in [6.07, 6.45) is 0. The van der Waals surface area contributed by atoms with Crippen LogP contribution in [0, 0.1) is 10.1 Å². The number of benzene rings is 1. The summed E-state index contributed by atoms with van der Waals surface area (Å²) in [6, 6.07) is 7.79. The summed E-state index contributed by atoms with van der Waals surface area (Å²) in [7, 11) is 0. The van der Waals surface area contributed by atoms with Gasteiger partial charge in [-0.2, -0.15) is 5.10 Å². The van der Waals surface area contributed by atoms with Crippen LogP contribution in [0.2, 0.25) is 5.02 Å². The van der Waals surface area contributed by atoms with Gasteiger partial charge in [0.05, 0.1) is 15.5 Å². The van der Waals surface area contributed by atoms with Crippen LogP contribution >= 0.6 is 22.9 Å². The number of nitrogens with one attached hydrogen (secondary N) is 1. The van der Waals surface area contributed by atoms with Crippen molar-refractivity contribution in [1.82, 2.24) is 5.43 Å². The van der Waals surface area contributed by atoms with Crippen molar-refractivity contribution in [3.8, 4) is 0 Å². The maximum atomic E-state index is 11.7. The van der Waals surface area contributed by atoms with Crippen molar-refractivity contribution in [2.45, 2.75) is 6.92 Å². The van der Waals surface area contributed by atoms with Crippen LogP contribution in [0.3, 0.4) is 0 Å². The van der Waals surface area contributed by atoms with Crippen LogP contribution in [-0.4, -0.2) is 16.5 Å². The Morgan fingerprint density at radius 1 is 1.43 bits per heavy atom. The Morgan fingerprint density at radius 3 is 2.81 bits per heavy atom. The molecule has 1 heterocycles. The van der Waals surface area contributed by atoms with Crippen LogP contribution < -0.4 is 5.43 Å². The summed E-state index contributed by atoms with van der Waals surface area (Å²) < 4.78 is 0. The Bertz CT molecular complexity index is 713. The smallest absolute Gasteiger partial charge is 0.266 e. The standard InChI is InChI=1S/C13H10ClN3O3S/c1-8(15-16-13(18)12-3-2-6-21-12)9-4-5-10(14)11(7-9)17(19)20/h2-7H,1H3,(H,16,18)/b15-8-. The van der Waals surface area contributed by atoms with E-state index in [2.05, 4.69) is 10.5 Å². The summed E-state index contributed by atoms with van der Waals surface area (Å²) in [5.41, 5.74) is 3.16. The van der Waals surface area contributed by atoms with Crippen molar-refractivity contribution in [2.24, 2.45) is 5.10 Å². The molecule has 1 amide bonds. The highest BCUT2D eigenvalue weighted by atomic mass is 35.5. The van der Waals surface area contributed by atoms with Crippen LogP contribution in [-0.2, 0) is 0 Å². The van der Waals surface area contributed by atoms with E-state index in [1.807, 2.05) is 0 Å². The third kappa shape index (κ3) is 3.65. The Kier molecular flexibility index (Phi) is 4.66. The summed E-state index contributed by atoms with van der Waals surface area (Å²) in [4.78, 5) is 22.5. The van der Waals surface area contributed by atoms with E-state index in [1.54, 1.807) is 30.5 Å². The zero-order chi connectivity index (χ0) is 15.4. The van der Waals surface area contributed by atoms with Gasteiger partial charge < -0.3 is 0 Å². The molecule has 0 radical (unpaired) electrons. The molecule has 6 nitrogen and oxygen atoms in total. The lowest BCUT2D eigenvalue weighted by Gasteiger charge is -2.03. The van der Waals surface area contributed by atoms with Crippen LogP contribution in [0.1, 0.15) is 22.2 Å². The molecule has 0 aliphatic heterocycles. The average molecular weight is 324 g/mol. The zero-order valence-electron chi connectivity index (χ0n) is 10.9. The van der Waals surface area contributed by atoms with Crippen molar-refractivity contribution in [1.29, 1.82) is 0 Å². The molecule has 1 aromatic heterocycles. The van der Waals surface area contributed by atoms with E-state index < -0.39 is 4.92 Å². The van der Waals surface area contributed by atoms with E-state index in [0.29, 0.717) is 16.2 Å². The van der Waals surface area contributed by atoms with Gasteiger partial charge in [0.2, 0.25) is 0 Å². The van der Waals surface area contributed by atoms with Gasteiger partial charge in [0.25, 0.3) is 11.6 Å². The number of nitro benzene ring substituents is 1. The first-order valence-corrected chi connectivity index (χ1v) is 7.07. The number of rotatable bonds is 4. The molecule has 0 saturated carbocycles. The largest absolute Gasteiger partial charge is 0.288 e. The number of halogens is 1. The van der Waals surface area contributed by atoms with Gasteiger partial charge in [-0.3, -0.25) is 14.9 Å². The van der Waals surface area contributed by atoms with Gasteiger partial charge in [-0.1, -0.05) is 23.7 Å². The first kappa shape index (κ1) is 15.1. The number of amides is 1. The van der Waals surface area contributed by atoms with E-state index in [9.17, 15) is 14.9 Å². The van der Waals surface area contributed by atoms with E-state index in [0.717, 1.165) is 0 Å². The summed E-state index contributed by atoms with van der Waals surface area (Å²) >= 11 is 7.04. The van der Waals surface area contributed by atoms with Gasteiger partial charge in [0, 0.05) is 11.6 Å². The minimum absolute atomic E-state index is 0.0548. The lowest BCUT2D eigenvalue weighted by molar-refractivity contribution is -0.384. The highest BCUT2D eigenvalue weighted by Crippen LogP contribution is 2.25. The maximum absolute atomic E-state index is 11.7. The summed E-state index contributed by atoms with van der Waals surface area (Å²) in [5.74, 6) is -0.326. The van der Waals surface area contributed by atoms with E-state index in [1.165, 1.54) is 23.5 Å². The highest BCUT2D eigenvalue weighted by molar-refractivity contribution is 7.12. The predicted molar refractivity (Wildman–Crippen MR) is 82.1 cm³/mol. The average Bonchev–Trinajstić information content (AvgIpc) is 2.98. The Balaban J connectivity index is 2.18. The molecule has 108 valence electrons. The molecule has 0 unspecified atom stereocenters.